The van der Waals surface area contributed by atoms with E-state index in [9.17, 15) is 14.6 Å². The van der Waals surface area contributed by atoms with Crippen molar-refractivity contribution in [3.05, 3.63) is 35.2 Å². The summed E-state index contributed by atoms with van der Waals surface area (Å²) in [4.78, 5) is 23.1. The van der Waals surface area contributed by atoms with E-state index < -0.39 is 24.9 Å². The Hall–Kier alpha value is -2.95. The second-order valence-electron chi connectivity index (χ2n) is 5.01. The van der Waals surface area contributed by atoms with Gasteiger partial charge in [-0.05, 0) is 28.5 Å². The molecule has 0 bridgehead atoms. The minimum Gasteiger partial charge on any atom is -0.534 e. The van der Waals surface area contributed by atoms with Gasteiger partial charge in [-0.15, -0.1) is 5.10 Å². The number of carbonyl (C=O) groups excluding carboxylic acids is 1. The highest BCUT2D eigenvalue weighted by Crippen LogP contribution is 2.30. The van der Waals surface area contributed by atoms with E-state index in [4.69, 9.17) is 9.76 Å². The zero-order chi connectivity index (χ0) is 16.4. The fourth-order valence-electron chi connectivity index (χ4n) is 2.38. The summed E-state index contributed by atoms with van der Waals surface area (Å²) in [6.07, 6.45) is 0.177. The first-order valence-corrected chi connectivity index (χ1v) is 6.76. The van der Waals surface area contributed by atoms with Crippen molar-refractivity contribution in [3.8, 4) is 5.75 Å². The number of aromatic carboxylic acids is 1. The lowest BCUT2D eigenvalue weighted by Gasteiger charge is -2.28. The molecule has 0 radical (unpaired) electrons. The number of para-hydroxylation sites is 1. The van der Waals surface area contributed by atoms with Gasteiger partial charge in [0.1, 0.15) is 5.75 Å². The van der Waals surface area contributed by atoms with Crippen molar-refractivity contribution in [2.75, 3.05) is 0 Å². The van der Waals surface area contributed by atoms with Crippen molar-refractivity contribution in [1.82, 2.24) is 25.9 Å². The van der Waals surface area contributed by atoms with Crippen LogP contribution < -0.4 is 9.97 Å². The van der Waals surface area contributed by atoms with Gasteiger partial charge in [0.05, 0.1) is 17.9 Å². The number of nitrogens with zero attached hydrogens (tertiary/aromatic N) is 3. The number of carboxylic acid groups (broad SMARTS) is 1. The molecular formula is C12H12BN5O5. The summed E-state index contributed by atoms with van der Waals surface area (Å²) < 4.78 is 5.28. The third kappa shape index (κ3) is 3.13. The number of carbonyl (C=O) groups is 2. The number of H-pyrrole nitrogens is 1. The molecule has 1 atom stereocenters. The lowest BCUT2D eigenvalue weighted by molar-refractivity contribution is -0.121. The van der Waals surface area contributed by atoms with Crippen molar-refractivity contribution in [1.29, 1.82) is 0 Å². The lowest BCUT2D eigenvalue weighted by atomic mass is 9.72. The zero-order valence-electron chi connectivity index (χ0n) is 11.8. The Labute approximate surface area is 130 Å². The average Bonchev–Trinajstić information content (AvgIpc) is 3.00. The Morgan fingerprint density at radius 3 is 3.00 bits per heavy atom. The molecule has 0 saturated carbocycles. The standard InChI is InChI=1S/C12H12BN5O5/c19-10(5-9-15-17-18-16-9)14-8-4-6-2-1-3-7(12(20)21)11(6)23-13(8)22/h1-3,8,22H,4-5H2,(H,14,19)(H,20,21)(H,15,16,17,18)/t8-/m0/s1. The molecule has 118 valence electrons. The van der Waals surface area contributed by atoms with Gasteiger partial charge in [0.25, 0.3) is 0 Å². The Kier molecular flexibility index (Phi) is 3.93. The summed E-state index contributed by atoms with van der Waals surface area (Å²) >= 11 is 0. The van der Waals surface area contributed by atoms with Crippen molar-refractivity contribution in [3.63, 3.8) is 0 Å². The van der Waals surface area contributed by atoms with Crippen molar-refractivity contribution in [2.45, 2.75) is 18.8 Å². The molecule has 0 saturated heterocycles. The molecule has 1 aromatic heterocycles. The Morgan fingerprint density at radius 2 is 2.30 bits per heavy atom. The Bertz CT molecular complexity index is 737. The molecule has 0 aliphatic carbocycles. The maximum atomic E-state index is 11.9. The summed E-state index contributed by atoms with van der Waals surface area (Å²) in [7, 11) is -1.35. The van der Waals surface area contributed by atoms with Crippen LogP contribution in [0.5, 0.6) is 5.75 Å². The number of benzene rings is 1. The number of amides is 1. The van der Waals surface area contributed by atoms with Gasteiger partial charge in [0.2, 0.25) is 5.91 Å². The quantitative estimate of drug-likeness (QED) is 0.502. The van der Waals surface area contributed by atoms with Crippen LogP contribution in [0.2, 0.25) is 0 Å². The summed E-state index contributed by atoms with van der Waals surface area (Å²) in [5.41, 5.74) is 0.570. The molecule has 1 amide bonds. The SMILES string of the molecule is O=C(Cc1nnn[nH]1)N[C@H]1Cc2cccc(C(=O)O)c2OB1O. The van der Waals surface area contributed by atoms with Gasteiger partial charge in [-0.25, -0.2) is 9.89 Å². The molecular weight excluding hydrogens is 305 g/mol. The van der Waals surface area contributed by atoms with E-state index in [-0.39, 0.29) is 24.2 Å². The van der Waals surface area contributed by atoms with Gasteiger partial charge in [0, 0.05) is 0 Å². The monoisotopic (exact) mass is 317 g/mol. The van der Waals surface area contributed by atoms with Crippen molar-refractivity contribution < 1.29 is 24.4 Å². The minimum atomic E-state index is -1.35. The molecule has 0 fully saturated rings. The molecule has 1 aliphatic heterocycles. The molecule has 11 heteroatoms. The maximum absolute atomic E-state index is 11.9. The third-order valence-corrected chi connectivity index (χ3v) is 3.41. The second kappa shape index (κ2) is 6.05. The van der Waals surface area contributed by atoms with E-state index in [0.29, 0.717) is 11.4 Å². The first-order chi connectivity index (χ1) is 11.0. The molecule has 0 spiro atoms. The molecule has 0 unspecified atom stereocenters. The largest absolute Gasteiger partial charge is 0.547 e. The highest BCUT2D eigenvalue weighted by atomic mass is 16.5. The number of carboxylic acids is 1. The fourth-order valence-corrected chi connectivity index (χ4v) is 2.38. The number of hydrogen-bond acceptors (Lipinski definition) is 7. The number of tetrazole rings is 1. The van der Waals surface area contributed by atoms with Crippen LogP contribution in [0.15, 0.2) is 18.2 Å². The van der Waals surface area contributed by atoms with E-state index in [2.05, 4.69) is 25.9 Å². The normalized spacial score (nSPS) is 16.4. The molecule has 2 heterocycles. The molecule has 23 heavy (non-hydrogen) atoms. The third-order valence-electron chi connectivity index (χ3n) is 3.41. The van der Waals surface area contributed by atoms with Crippen molar-refractivity contribution in [2.24, 2.45) is 0 Å². The van der Waals surface area contributed by atoms with Crippen LogP contribution in [0, 0.1) is 0 Å². The van der Waals surface area contributed by atoms with E-state index in [1.807, 2.05) is 0 Å². The predicted octanol–water partition coefficient (Wildman–Crippen LogP) is -1.42. The molecule has 10 nitrogen and oxygen atoms in total. The molecule has 4 N–H and O–H groups in total. The average molecular weight is 317 g/mol. The van der Waals surface area contributed by atoms with Gasteiger partial charge < -0.3 is 20.1 Å². The second-order valence-corrected chi connectivity index (χ2v) is 5.01. The number of nitrogens with one attached hydrogen (secondary N) is 2. The van der Waals surface area contributed by atoms with Crippen molar-refractivity contribution >= 4 is 19.0 Å². The van der Waals surface area contributed by atoms with Crippen LogP contribution in [0.25, 0.3) is 0 Å². The fraction of sp³-hybridized carbons (Fsp3) is 0.250. The number of aromatic nitrogens is 4. The Morgan fingerprint density at radius 1 is 1.48 bits per heavy atom. The van der Waals surface area contributed by atoms with Gasteiger partial charge in [0.15, 0.2) is 5.82 Å². The number of aromatic amines is 1. The predicted molar refractivity (Wildman–Crippen MR) is 75.5 cm³/mol. The molecule has 2 aromatic rings. The summed E-state index contributed by atoms with van der Waals surface area (Å²) in [5, 5.41) is 34.6. The smallest absolute Gasteiger partial charge is 0.534 e. The van der Waals surface area contributed by atoms with Crippen LogP contribution in [-0.4, -0.2) is 55.7 Å². The van der Waals surface area contributed by atoms with E-state index in [0.717, 1.165) is 0 Å². The van der Waals surface area contributed by atoms with Crippen LogP contribution in [0.3, 0.4) is 0 Å². The van der Waals surface area contributed by atoms with Crippen LogP contribution in [-0.2, 0) is 17.6 Å². The van der Waals surface area contributed by atoms with E-state index >= 15 is 0 Å². The highest BCUT2D eigenvalue weighted by Gasteiger charge is 2.37. The minimum absolute atomic E-state index is 0.0286. The zero-order valence-corrected chi connectivity index (χ0v) is 11.8. The van der Waals surface area contributed by atoms with Gasteiger partial charge in [-0.2, -0.15) is 0 Å². The number of rotatable bonds is 4. The van der Waals surface area contributed by atoms with Gasteiger partial charge in [-0.3, -0.25) is 4.79 Å². The van der Waals surface area contributed by atoms with Gasteiger partial charge in [-0.1, -0.05) is 12.1 Å². The topological polar surface area (TPSA) is 150 Å². The summed E-state index contributed by atoms with van der Waals surface area (Å²) in [6, 6.07) is 4.67. The van der Waals surface area contributed by atoms with Crippen LogP contribution in [0.1, 0.15) is 21.7 Å². The highest BCUT2D eigenvalue weighted by molar-refractivity contribution is 6.47. The molecule has 1 aromatic carbocycles. The van der Waals surface area contributed by atoms with Gasteiger partial charge >= 0.3 is 13.1 Å². The summed E-state index contributed by atoms with van der Waals surface area (Å²) in [6.45, 7) is 0. The summed E-state index contributed by atoms with van der Waals surface area (Å²) in [5.74, 6) is -1.82. The van der Waals surface area contributed by atoms with Crippen LogP contribution >= 0.6 is 0 Å². The molecule has 3 rings (SSSR count). The van der Waals surface area contributed by atoms with Crippen LogP contribution in [0.4, 0.5) is 0 Å². The number of fused-ring (bicyclic) bond motifs is 1. The first-order valence-electron chi connectivity index (χ1n) is 6.76. The van der Waals surface area contributed by atoms with E-state index in [1.54, 1.807) is 12.1 Å². The lowest BCUT2D eigenvalue weighted by Crippen LogP contribution is -2.53. The maximum Gasteiger partial charge on any atom is 0.547 e. The van der Waals surface area contributed by atoms with E-state index in [1.165, 1.54) is 6.07 Å². The Balaban J connectivity index is 1.72. The first kappa shape index (κ1) is 15.0. The number of hydrogen-bond donors (Lipinski definition) is 4. The molecule has 1 aliphatic rings.